The molecule has 3 aromatic rings. The number of fused-ring (bicyclic) bond motifs is 3. The van der Waals surface area contributed by atoms with Crippen LogP contribution in [0.4, 0.5) is 0 Å². The molecule has 0 fully saturated rings. The highest BCUT2D eigenvalue weighted by molar-refractivity contribution is 8.00. The molecule has 0 aliphatic rings. The first kappa shape index (κ1) is 14.4. The van der Waals surface area contributed by atoms with Crippen LogP contribution in [0.1, 0.15) is 6.92 Å². The van der Waals surface area contributed by atoms with Crippen LogP contribution in [0, 0.1) is 11.3 Å². The number of hydrogen-bond acceptors (Lipinski definition) is 5. The van der Waals surface area contributed by atoms with E-state index < -0.39 is 0 Å². The molecule has 2 aromatic heterocycles. The van der Waals surface area contributed by atoms with Crippen molar-refractivity contribution in [3.63, 3.8) is 0 Å². The molecule has 0 N–H and O–H groups in total. The molecule has 0 bridgehead atoms. The minimum atomic E-state index is -0.307. The Morgan fingerprint density at radius 2 is 2.32 bits per heavy atom. The maximum atomic E-state index is 12.7. The van der Waals surface area contributed by atoms with Gasteiger partial charge < -0.3 is 4.42 Å². The Balaban J connectivity index is 2.34. The minimum absolute atomic E-state index is 0.233. The van der Waals surface area contributed by atoms with Crippen LogP contribution in [-0.4, -0.2) is 14.8 Å². The highest BCUT2D eigenvalue weighted by Crippen LogP contribution is 2.28. The van der Waals surface area contributed by atoms with E-state index in [-0.39, 0.29) is 16.4 Å². The lowest BCUT2D eigenvalue weighted by Gasteiger charge is -2.10. The Hall–Kier alpha value is -2.52. The van der Waals surface area contributed by atoms with Crippen molar-refractivity contribution in [2.75, 3.05) is 0 Å². The number of rotatable bonds is 4. The molecule has 3 rings (SSSR count). The van der Waals surface area contributed by atoms with Gasteiger partial charge >= 0.3 is 0 Å². The summed E-state index contributed by atoms with van der Waals surface area (Å²) in [5.41, 5.74) is 1.14. The van der Waals surface area contributed by atoms with Gasteiger partial charge in [0.25, 0.3) is 5.56 Å². The summed E-state index contributed by atoms with van der Waals surface area (Å²) in [5, 5.41) is 10.00. The van der Waals surface area contributed by atoms with E-state index in [9.17, 15) is 4.79 Å². The van der Waals surface area contributed by atoms with E-state index in [1.165, 1.54) is 16.3 Å². The fraction of sp³-hybridized carbons (Fsp3) is 0.188. The molecule has 22 heavy (non-hydrogen) atoms. The predicted molar refractivity (Wildman–Crippen MR) is 86.9 cm³/mol. The zero-order chi connectivity index (χ0) is 15.7. The number of aromatic nitrogens is 2. The normalized spacial score (nSPS) is 12.4. The summed E-state index contributed by atoms with van der Waals surface area (Å²) >= 11 is 1.25. The predicted octanol–water partition coefficient (Wildman–Crippen LogP) is 3.33. The van der Waals surface area contributed by atoms with Gasteiger partial charge in [0.1, 0.15) is 11.1 Å². The second-order valence-electron chi connectivity index (χ2n) is 4.76. The van der Waals surface area contributed by atoms with Gasteiger partial charge in [0.05, 0.1) is 11.3 Å². The molecule has 0 saturated carbocycles. The van der Waals surface area contributed by atoms with Crippen LogP contribution in [0.3, 0.4) is 0 Å². The third-order valence-corrected chi connectivity index (χ3v) is 4.20. The van der Waals surface area contributed by atoms with Crippen LogP contribution in [0.5, 0.6) is 0 Å². The molecular formula is C16H13N3O2S. The first-order chi connectivity index (χ1) is 10.7. The average Bonchev–Trinajstić information content (AvgIpc) is 2.90. The summed E-state index contributed by atoms with van der Waals surface area (Å²) < 4.78 is 7.13. The third-order valence-electron chi connectivity index (χ3n) is 3.22. The molecule has 110 valence electrons. The molecule has 0 unspecified atom stereocenters. The van der Waals surface area contributed by atoms with Gasteiger partial charge in [0.2, 0.25) is 5.58 Å². The van der Waals surface area contributed by atoms with E-state index in [0.717, 1.165) is 5.39 Å². The monoisotopic (exact) mass is 311 g/mol. The van der Waals surface area contributed by atoms with Crippen molar-refractivity contribution in [1.82, 2.24) is 9.55 Å². The summed E-state index contributed by atoms with van der Waals surface area (Å²) in [4.78, 5) is 17.2. The second-order valence-corrected chi connectivity index (χ2v) is 6.07. The van der Waals surface area contributed by atoms with Gasteiger partial charge in [-0.05, 0) is 19.1 Å². The van der Waals surface area contributed by atoms with Gasteiger partial charge in [-0.3, -0.25) is 9.36 Å². The van der Waals surface area contributed by atoms with Crippen LogP contribution in [-0.2, 0) is 6.54 Å². The zero-order valence-electron chi connectivity index (χ0n) is 11.9. The Morgan fingerprint density at radius 1 is 1.55 bits per heavy atom. The number of thioether (sulfide) groups is 1. The summed E-state index contributed by atoms with van der Waals surface area (Å²) in [5.74, 6) is 0. The van der Waals surface area contributed by atoms with Gasteiger partial charge in [-0.1, -0.05) is 30.0 Å². The van der Waals surface area contributed by atoms with Crippen molar-refractivity contribution in [1.29, 1.82) is 5.26 Å². The first-order valence-electron chi connectivity index (χ1n) is 6.75. The third kappa shape index (κ3) is 2.30. The largest absolute Gasteiger partial charge is 0.448 e. The summed E-state index contributed by atoms with van der Waals surface area (Å²) in [6.07, 6.45) is 1.62. The number of hydrogen-bond donors (Lipinski definition) is 0. The Morgan fingerprint density at radius 3 is 3.05 bits per heavy atom. The molecule has 0 radical (unpaired) electrons. The molecule has 0 aliphatic carbocycles. The second kappa shape index (κ2) is 5.70. The van der Waals surface area contributed by atoms with Gasteiger partial charge in [-0.15, -0.1) is 6.58 Å². The van der Waals surface area contributed by atoms with E-state index in [1.807, 2.05) is 18.2 Å². The van der Waals surface area contributed by atoms with Crippen LogP contribution < -0.4 is 5.56 Å². The lowest BCUT2D eigenvalue weighted by Crippen LogP contribution is -2.22. The standard InChI is InChI=1S/C16H13N3O2S/c1-3-8-19-15(20)14-13(18-16(19)22-10(2)9-17)11-6-4-5-7-12(11)21-14/h3-7,10H,1,8H2,2H3/t10-/m1/s1. The number of nitriles is 1. The van der Waals surface area contributed by atoms with E-state index in [1.54, 1.807) is 19.1 Å². The number of allylic oxidation sites excluding steroid dienone is 1. The summed E-state index contributed by atoms with van der Waals surface area (Å²) in [7, 11) is 0. The van der Waals surface area contributed by atoms with Gasteiger partial charge in [-0.2, -0.15) is 5.26 Å². The topological polar surface area (TPSA) is 71.8 Å². The maximum absolute atomic E-state index is 12.7. The van der Waals surface area contributed by atoms with Crippen molar-refractivity contribution in [3.05, 3.63) is 47.3 Å². The number of benzene rings is 1. The van der Waals surface area contributed by atoms with Crippen molar-refractivity contribution >= 4 is 33.8 Å². The van der Waals surface area contributed by atoms with E-state index >= 15 is 0 Å². The Kier molecular flexibility index (Phi) is 3.73. The number of para-hydroxylation sites is 1. The molecule has 6 heteroatoms. The lowest BCUT2D eigenvalue weighted by molar-refractivity contribution is 0.618. The molecule has 2 heterocycles. The van der Waals surface area contributed by atoms with Crippen LogP contribution >= 0.6 is 11.8 Å². The summed E-state index contributed by atoms with van der Waals surface area (Å²) in [6, 6.07) is 9.53. The van der Waals surface area contributed by atoms with Crippen molar-refractivity contribution in [2.45, 2.75) is 23.9 Å². The van der Waals surface area contributed by atoms with Crippen LogP contribution in [0.15, 0.2) is 51.3 Å². The maximum Gasteiger partial charge on any atom is 0.298 e. The molecule has 0 amide bonds. The molecule has 0 saturated heterocycles. The molecule has 1 aromatic carbocycles. The highest BCUT2D eigenvalue weighted by Gasteiger charge is 2.18. The van der Waals surface area contributed by atoms with E-state index in [0.29, 0.717) is 22.8 Å². The van der Waals surface area contributed by atoms with Gasteiger partial charge in [0, 0.05) is 11.9 Å². The fourth-order valence-electron chi connectivity index (χ4n) is 2.22. The SMILES string of the molecule is C=CCn1c(S[C@H](C)C#N)nc2c(oc3ccccc32)c1=O. The van der Waals surface area contributed by atoms with Crippen molar-refractivity contribution < 1.29 is 4.42 Å². The molecule has 0 aliphatic heterocycles. The fourth-order valence-corrected chi connectivity index (χ4v) is 3.02. The summed E-state index contributed by atoms with van der Waals surface area (Å²) in [6.45, 7) is 5.76. The number of nitrogens with zero attached hydrogens (tertiary/aromatic N) is 3. The minimum Gasteiger partial charge on any atom is -0.448 e. The lowest BCUT2D eigenvalue weighted by atomic mass is 10.2. The van der Waals surface area contributed by atoms with Crippen molar-refractivity contribution in [2.24, 2.45) is 0 Å². The molecular weight excluding hydrogens is 298 g/mol. The van der Waals surface area contributed by atoms with E-state index in [2.05, 4.69) is 17.6 Å². The Labute approximate surface area is 130 Å². The quantitative estimate of drug-likeness (QED) is 0.420. The van der Waals surface area contributed by atoms with E-state index in [4.69, 9.17) is 9.68 Å². The van der Waals surface area contributed by atoms with Gasteiger partial charge in [-0.25, -0.2) is 4.98 Å². The highest BCUT2D eigenvalue weighted by atomic mass is 32.2. The molecule has 0 spiro atoms. The Bertz CT molecular complexity index is 965. The average molecular weight is 311 g/mol. The number of furan rings is 1. The first-order valence-corrected chi connectivity index (χ1v) is 7.63. The molecule has 1 atom stereocenters. The van der Waals surface area contributed by atoms with Gasteiger partial charge in [0.15, 0.2) is 5.16 Å². The van der Waals surface area contributed by atoms with Crippen LogP contribution in [0.2, 0.25) is 0 Å². The van der Waals surface area contributed by atoms with Crippen LogP contribution in [0.25, 0.3) is 22.1 Å². The molecule has 5 nitrogen and oxygen atoms in total. The smallest absolute Gasteiger partial charge is 0.298 e. The van der Waals surface area contributed by atoms with Crippen molar-refractivity contribution in [3.8, 4) is 6.07 Å². The zero-order valence-corrected chi connectivity index (χ0v) is 12.8.